The second-order valence-electron chi connectivity index (χ2n) is 3.59. The van der Waals surface area contributed by atoms with E-state index in [2.05, 4.69) is 0 Å². The molecule has 1 heterocycles. The van der Waals surface area contributed by atoms with Crippen LogP contribution < -0.4 is 0 Å². The second-order valence-corrected chi connectivity index (χ2v) is 5.31. The zero-order chi connectivity index (χ0) is 12.8. The Balaban J connectivity index is 2.46. The average molecular weight is 274 g/mol. The van der Waals surface area contributed by atoms with E-state index in [0.717, 1.165) is 0 Å². The molecule has 1 rings (SSSR count). The molecule has 0 aliphatic carbocycles. The largest absolute Gasteiger partial charge is 0.343 e. The Labute approximate surface area is 110 Å². The Morgan fingerprint density at radius 2 is 1.88 bits per heavy atom. The van der Waals surface area contributed by atoms with Crippen molar-refractivity contribution in [2.75, 3.05) is 13.1 Å². The number of nitrogens with zero attached hydrogens (tertiary/aromatic N) is 1. The molecule has 0 fully saturated rings. The second kappa shape index (κ2) is 6.77. The highest BCUT2D eigenvalue weighted by molar-refractivity contribution is 7.18. The molecule has 0 unspecified atom stereocenters. The van der Waals surface area contributed by atoms with Crippen LogP contribution in [0.5, 0.6) is 0 Å². The highest BCUT2D eigenvalue weighted by atomic mass is 35.5. The first-order valence-corrected chi connectivity index (χ1v) is 6.84. The van der Waals surface area contributed by atoms with E-state index < -0.39 is 0 Å². The van der Waals surface area contributed by atoms with Crippen molar-refractivity contribution in [3.63, 3.8) is 0 Å². The molecule has 0 atom stereocenters. The molecular weight excluding hydrogens is 258 g/mol. The Morgan fingerprint density at radius 1 is 1.24 bits per heavy atom. The standard InChI is InChI=1S/C12H16ClNO2S/c1-3-14(4-2)12(16)8-5-9(15)10-6-7-11(13)17-10/h6-7H,3-5,8H2,1-2H3. The summed E-state index contributed by atoms with van der Waals surface area (Å²) in [5.74, 6) is 0.0217. The van der Waals surface area contributed by atoms with Gasteiger partial charge in [0.1, 0.15) is 0 Å². The van der Waals surface area contributed by atoms with Crippen LogP contribution in [0.4, 0.5) is 0 Å². The fourth-order valence-electron chi connectivity index (χ4n) is 1.54. The Kier molecular flexibility index (Phi) is 5.65. The zero-order valence-electron chi connectivity index (χ0n) is 10.0. The first-order valence-electron chi connectivity index (χ1n) is 5.64. The van der Waals surface area contributed by atoms with E-state index in [1.807, 2.05) is 13.8 Å². The molecule has 0 saturated heterocycles. The van der Waals surface area contributed by atoms with Gasteiger partial charge < -0.3 is 4.90 Å². The van der Waals surface area contributed by atoms with Crippen LogP contribution in [0.1, 0.15) is 36.4 Å². The van der Waals surface area contributed by atoms with Crippen LogP contribution in [0.2, 0.25) is 4.34 Å². The number of carbonyl (C=O) groups excluding carboxylic acids is 2. The van der Waals surface area contributed by atoms with Gasteiger partial charge in [-0.05, 0) is 26.0 Å². The minimum Gasteiger partial charge on any atom is -0.343 e. The SMILES string of the molecule is CCN(CC)C(=O)CCC(=O)c1ccc(Cl)s1. The van der Waals surface area contributed by atoms with Gasteiger partial charge in [0.25, 0.3) is 0 Å². The number of hydrogen-bond donors (Lipinski definition) is 0. The molecule has 0 aromatic carbocycles. The lowest BCUT2D eigenvalue weighted by Crippen LogP contribution is -2.30. The average Bonchev–Trinajstić information content (AvgIpc) is 2.74. The first-order chi connectivity index (χ1) is 8.08. The summed E-state index contributed by atoms with van der Waals surface area (Å²) in [5.41, 5.74) is 0. The van der Waals surface area contributed by atoms with Crippen molar-refractivity contribution in [2.45, 2.75) is 26.7 Å². The topological polar surface area (TPSA) is 37.4 Å². The van der Waals surface area contributed by atoms with Gasteiger partial charge in [-0.3, -0.25) is 9.59 Å². The van der Waals surface area contributed by atoms with Crippen LogP contribution in [0.15, 0.2) is 12.1 Å². The quantitative estimate of drug-likeness (QED) is 0.746. The summed E-state index contributed by atoms with van der Waals surface area (Å²) in [4.78, 5) is 25.8. The molecule has 5 heteroatoms. The predicted molar refractivity (Wildman–Crippen MR) is 70.8 cm³/mol. The Hall–Kier alpha value is -0.870. The molecule has 0 bridgehead atoms. The van der Waals surface area contributed by atoms with Gasteiger partial charge in [-0.1, -0.05) is 11.6 Å². The fourth-order valence-corrected chi connectivity index (χ4v) is 2.55. The van der Waals surface area contributed by atoms with Crippen molar-refractivity contribution >= 4 is 34.6 Å². The number of amides is 1. The van der Waals surface area contributed by atoms with Gasteiger partial charge in [-0.2, -0.15) is 0 Å². The Morgan fingerprint density at radius 3 is 2.35 bits per heavy atom. The third-order valence-electron chi connectivity index (χ3n) is 2.53. The number of Topliss-reactive ketones (excluding diaryl/α,β-unsaturated/α-hetero) is 1. The van der Waals surface area contributed by atoms with E-state index >= 15 is 0 Å². The maximum Gasteiger partial charge on any atom is 0.223 e. The van der Waals surface area contributed by atoms with E-state index in [-0.39, 0.29) is 24.5 Å². The predicted octanol–water partition coefficient (Wildman–Crippen LogP) is 3.23. The molecule has 0 radical (unpaired) electrons. The van der Waals surface area contributed by atoms with Crippen molar-refractivity contribution in [3.05, 3.63) is 21.3 Å². The fraction of sp³-hybridized carbons (Fsp3) is 0.500. The lowest BCUT2D eigenvalue weighted by Gasteiger charge is -2.17. The number of rotatable bonds is 6. The minimum absolute atomic E-state index is 0.0117. The smallest absolute Gasteiger partial charge is 0.223 e. The summed E-state index contributed by atoms with van der Waals surface area (Å²) in [5, 5.41) is 0. The van der Waals surface area contributed by atoms with Gasteiger partial charge in [0.15, 0.2) is 5.78 Å². The molecule has 0 saturated carbocycles. The van der Waals surface area contributed by atoms with Crippen molar-refractivity contribution in [2.24, 2.45) is 0 Å². The molecule has 3 nitrogen and oxygen atoms in total. The van der Waals surface area contributed by atoms with Gasteiger partial charge in [0.05, 0.1) is 9.21 Å². The summed E-state index contributed by atoms with van der Waals surface area (Å²) >= 11 is 7.01. The van der Waals surface area contributed by atoms with Gasteiger partial charge >= 0.3 is 0 Å². The van der Waals surface area contributed by atoms with Gasteiger partial charge in [0.2, 0.25) is 5.91 Å². The third-order valence-corrected chi connectivity index (χ3v) is 3.80. The van der Waals surface area contributed by atoms with Crippen LogP contribution >= 0.6 is 22.9 Å². The van der Waals surface area contributed by atoms with Crippen LogP contribution in [-0.4, -0.2) is 29.7 Å². The Bertz CT molecular complexity index is 399. The van der Waals surface area contributed by atoms with Crippen LogP contribution in [0.25, 0.3) is 0 Å². The minimum atomic E-state index is -0.0117. The van der Waals surface area contributed by atoms with E-state index in [1.54, 1.807) is 17.0 Å². The summed E-state index contributed by atoms with van der Waals surface area (Å²) in [6.07, 6.45) is 0.530. The number of halogens is 1. The lowest BCUT2D eigenvalue weighted by molar-refractivity contribution is -0.130. The van der Waals surface area contributed by atoms with Crippen molar-refractivity contribution < 1.29 is 9.59 Å². The van der Waals surface area contributed by atoms with Gasteiger partial charge in [-0.25, -0.2) is 0 Å². The molecule has 0 aliphatic heterocycles. The number of thiophene rings is 1. The molecular formula is C12H16ClNO2S. The molecule has 0 spiro atoms. The highest BCUT2D eigenvalue weighted by Gasteiger charge is 2.14. The maximum absolute atomic E-state index is 11.7. The molecule has 1 aromatic heterocycles. The lowest BCUT2D eigenvalue weighted by atomic mass is 10.2. The van der Waals surface area contributed by atoms with E-state index in [4.69, 9.17) is 11.6 Å². The van der Waals surface area contributed by atoms with Crippen molar-refractivity contribution in [1.29, 1.82) is 0 Å². The molecule has 0 aliphatic rings. The van der Waals surface area contributed by atoms with Gasteiger partial charge in [0, 0.05) is 25.9 Å². The van der Waals surface area contributed by atoms with E-state index in [0.29, 0.717) is 22.3 Å². The van der Waals surface area contributed by atoms with Gasteiger partial charge in [-0.15, -0.1) is 11.3 Å². The monoisotopic (exact) mass is 273 g/mol. The number of hydrogen-bond acceptors (Lipinski definition) is 3. The number of ketones is 1. The van der Waals surface area contributed by atoms with Crippen molar-refractivity contribution in [1.82, 2.24) is 4.90 Å². The van der Waals surface area contributed by atoms with E-state index in [1.165, 1.54) is 11.3 Å². The summed E-state index contributed by atoms with van der Waals surface area (Å²) in [6.45, 7) is 5.24. The summed E-state index contributed by atoms with van der Waals surface area (Å²) in [6, 6.07) is 3.41. The first kappa shape index (κ1) is 14.2. The third kappa shape index (κ3) is 4.13. The zero-order valence-corrected chi connectivity index (χ0v) is 11.6. The highest BCUT2D eigenvalue weighted by Crippen LogP contribution is 2.22. The van der Waals surface area contributed by atoms with Crippen LogP contribution in [0.3, 0.4) is 0 Å². The van der Waals surface area contributed by atoms with E-state index in [9.17, 15) is 9.59 Å². The van der Waals surface area contributed by atoms with Crippen molar-refractivity contribution in [3.8, 4) is 0 Å². The molecule has 1 amide bonds. The maximum atomic E-state index is 11.7. The normalized spacial score (nSPS) is 10.3. The van der Waals surface area contributed by atoms with Crippen LogP contribution in [-0.2, 0) is 4.79 Å². The molecule has 17 heavy (non-hydrogen) atoms. The summed E-state index contributed by atoms with van der Waals surface area (Å²) < 4.78 is 0.600. The molecule has 94 valence electrons. The molecule has 1 aromatic rings. The number of carbonyl (C=O) groups is 2. The van der Waals surface area contributed by atoms with Crippen LogP contribution in [0, 0.1) is 0 Å². The molecule has 0 N–H and O–H groups in total. The summed E-state index contributed by atoms with van der Waals surface area (Å²) in [7, 11) is 0.